The van der Waals surface area contributed by atoms with E-state index in [4.69, 9.17) is 14.6 Å². The van der Waals surface area contributed by atoms with Crippen LogP contribution in [0.3, 0.4) is 0 Å². The predicted octanol–water partition coefficient (Wildman–Crippen LogP) is 4.01. The minimum absolute atomic E-state index is 0.0346. The third kappa shape index (κ3) is 5.10. The number of Topliss-reactive ketones (excluding diaryl/α,β-unsaturated/α-hetero) is 1. The maximum Gasteiger partial charge on any atom is 0.341 e. The summed E-state index contributed by atoms with van der Waals surface area (Å²) in [5, 5.41) is 4.73. The van der Waals surface area contributed by atoms with Gasteiger partial charge in [-0.3, -0.25) is 4.79 Å². The number of benzene rings is 2. The Labute approximate surface area is 175 Å². The molecule has 3 aromatic rings. The van der Waals surface area contributed by atoms with Crippen LogP contribution in [0.15, 0.2) is 66.4 Å². The van der Waals surface area contributed by atoms with Crippen LogP contribution in [0, 0.1) is 6.92 Å². The first-order valence-corrected chi connectivity index (χ1v) is 9.60. The average molecular weight is 404 g/mol. The fraction of sp³-hybridized carbons (Fsp3) is 0.208. The molecule has 0 amide bonds. The standard InChI is InChI=1S/C24H24N2O4/c1-17-8-7-9-19(14-17)23-20(16-26(25-23)21-10-5-4-6-11-21)15-22(18(2)27)24(28)30-13-12-29-3/h4-11,14-16H,12-13H2,1-3H3/b22-15+. The van der Waals surface area contributed by atoms with Crippen LogP contribution < -0.4 is 0 Å². The van der Waals surface area contributed by atoms with Gasteiger partial charge in [0, 0.05) is 24.4 Å². The van der Waals surface area contributed by atoms with Crippen molar-refractivity contribution >= 4 is 17.8 Å². The highest BCUT2D eigenvalue weighted by Crippen LogP contribution is 2.27. The van der Waals surface area contributed by atoms with Gasteiger partial charge in [0.2, 0.25) is 0 Å². The van der Waals surface area contributed by atoms with Crippen LogP contribution in [0.5, 0.6) is 0 Å². The van der Waals surface area contributed by atoms with Gasteiger partial charge in [-0.25, -0.2) is 9.48 Å². The van der Waals surface area contributed by atoms with E-state index in [2.05, 4.69) is 0 Å². The van der Waals surface area contributed by atoms with Gasteiger partial charge in [0.05, 0.1) is 18.0 Å². The summed E-state index contributed by atoms with van der Waals surface area (Å²) in [6.07, 6.45) is 3.35. The summed E-state index contributed by atoms with van der Waals surface area (Å²) in [4.78, 5) is 24.6. The monoisotopic (exact) mass is 404 g/mol. The molecule has 1 aromatic heterocycles. The number of carbonyl (C=O) groups excluding carboxylic acids is 2. The number of methoxy groups -OCH3 is 1. The molecule has 0 saturated carbocycles. The smallest absolute Gasteiger partial charge is 0.341 e. The molecule has 1 heterocycles. The van der Waals surface area contributed by atoms with Crippen LogP contribution >= 0.6 is 0 Å². The molecule has 0 N–H and O–H groups in total. The number of carbonyl (C=O) groups is 2. The maximum atomic E-state index is 12.4. The first kappa shape index (κ1) is 21.2. The molecule has 0 atom stereocenters. The molecule has 0 aliphatic carbocycles. The van der Waals surface area contributed by atoms with Gasteiger partial charge in [-0.2, -0.15) is 5.10 Å². The van der Waals surface area contributed by atoms with E-state index in [0.717, 1.165) is 16.8 Å². The molecule has 0 radical (unpaired) electrons. The number of para-hydroxylation sites is 1. The quantitative estimate of drug-likeness (QED) is 0.187. The highest BCUT2D eigenvalue weighted by atomic mass is 16.6. The molecular formula is C24H24N2O4. The Morgan fingerprint density at radius 1 is 1.07 bits per heavy atom. The largest absolute Gasteiger partial charge is 0.460 e. The normalized spacial score (nSPS) is 11.4. The molecule has 154 valence electrons. The van der Waals surface area contributed by atoms with E-state index in [1.54, 1.807) is 17.0 Å². The van der Waals surface area contributed by atoms with Crippen molar-refractivity contribution in [2.75, 3.05) is 20.3 Å². The van der Waals surface area contributed by atoms with E-state index >= 15 is 0 Å². The number of aromatic nitrogens is 2. The molecule has 30 heavy (non-hydrogen) atoms. The van der Waals surface area contributed by atoms with Crippen molar-refractivity contribution in [3.05, 3.63) is 77.5 Å². The van der Waals surface area contributed by atoms with Gasteiger partial charge in [-0.05, 0) is 38.1 Å². The summed E-state index contributed by atoms with van der Waals surface area (Å²) in [7, 11) is 1.52. The number of hydrogen-bond acceptors (Lipinski definition) is 5. The molecular weight excluding hydrogens is 380 g/mol. The molecule has 0 unspecified atom stereocenters. The number of aryl methyl sites for hydroxylation is 1. The number of hydrogen-bond donors (Lipinski definition) is 0. The highest BCUT2D eigenvalue weighted by Gasteiger charge is 2.19. The molecule has 6 heteroatoms. The first-order valence-electron chi connectivity index (χ1n) is 9.60. The van der Waals surface area contributed by atoms with Crippen molar-refractivity contribution in [3.8, 4) is 16.9 Å². The summed E-state index contributed by atoms with van der Waals surface area (Å²) >= 11 is 0. The minimum Gasteiger partial charge on any atom is -0.460 e. The van der Waals surface area contributed by atoms with E-state index in [1.807, 2.05) is 61.5 Å². The van der Waals surface area contributed by atoms with Crippen LogP contribution in [0.1, 0.15) is 18.1 Å². The molecule has 0 bridgehead atoms. The summed E-state index contributed by atoms with van der Waals surface area (Å²) < 4.78 is 11.8. The topological polar surface area (TPSA) is 70.4 Å². The van der Waals surface area contributed by atoms with E-state index < -0.39 is 5.97 Å². The van der Waals surface area contributed by atoms with Crippen molar-refractivity contribution in [2.24, 2.45) is 0 Å². The Balaban J connectivity index is 2.09. The highest BCUT2D eigenvalue weighted by molar-refractivity contribution is 6.20. The maximum absolute atomic E-state index is 12.4. The van der Waals surface area contributed by atoms with Crippen molar-refractivity contribution < 1.29 is 19.1 Å². The summed E-state index contributed by atoms with van der Waals surface area (Å²) in [5.41, 5.74) is 4.14. The molecule has 0 aliphatic rings. The molecule has 0 saturated heterocycles. The molecule has 0 aliphatic heterocycles. The van der Waals surface area contributed by atoms with E-state index in [0.29, 0.717) is 11.3 Å². The predicted molar refractivity (Wildman–Crippen MR) is 115 cm³/mol. The molecule has 0 fully saturated rings. The number of ether oxygens (including phenoxy) is 2. The van der Waals surface area contributed by atoms with Crippen LogP contribution in [0.2, 0.25) is 0 Å². The number of ketones is 1. The lowest BCUT2D eigenvalue weighted by molar-refractivity contribution is -0.141. The van der Waals surface area contributed by atoms with Crippen LogP contribution in [-0.2, 0) is 19.1 Å². The number of rotatable bonds is 8. The summed E-state index contributed by atoms with van der Waals surface area (Å²) in [6.45, 7) is 3.68. The van der Waals surface area contributed by atoms with E-state index in [-0.39, 0.29) is 24.6 Å². The fourth-order valence-electron chi connectivity index (χ4n) is 2.98. The Hall–Kier alpha value is -3.51. The van der Waals surface area contributed by atoms with E-state index in [9.17, 15) is 9.59 Å². The molecule has 2 aromatic carbocycles. The third-order valence-electron chi connectivity index (χ3n) is 4.47. The lowest BCUT2D eigenvalue weighted by Crippen LogP contribution is -2.16. The van der Waals surface area contributed by atoms with Gasteiger partial charge >= 0.3 is 5.97 Å². The van der Waals surface area contributed by atoms with Crippen LogP contribution in [-0.4, -0.2) is 41.9 Å². The molecule has 0 spiro atoms. The number of esters is 1. The van der Waals surface area contributed by atoms with Gasteiger partial charge in [0.1, 0.15) is 12.2 Å². The Morgan fingerprint density at radius 2 is 1.83 bits per heavy atom. The van der Waals surface area contributed by atoms with Crippen molar-refractivity contribution in [1.29, 1.82) is 0 Å². The lowest BCUT2D eigenvalue weighted by Gasteiger charge is -2.06. The first-order chi connectivity index (χ1) is 14.5. The average Bonchev–Trinajstić information content (AvgIpc) is 3.16. The second-order valence-corrected chi connectivity index (χ2v) is 6.83. The Kier molecular flexibility index (Phi) is 6.93. The van der Waals surface area contributed by atoms with E-state index in [1.165, 1.54) is 14.0 Å². The minimum atomic E-state index is -0.679. The SMILES string of the molecule is COCCOC(=O)/C(=C/c1cn(-c2ccccc2)nc1-c1cccc(C)c1)C(C)=O. The third-order valence-corrected chi connectivity index (χ3v) is 4.47. The van der Waals surface area contributed by atoms with Gasteiger partial charge in [-0.1, -0.05) is 42.0 Å². The van der Waals surface area contributed by atoms with Crippen molar-refractivity contribution in [3.63, 3.8) is 0 Å². The van der Waals surface area contributed by atoms with Crippen molar-refractivity contribution in [1.82, 2.24) is 9.78 Å². The Bertz CT molecular complexity index is 1070. The van der Waals surface area contributed by atoms with Gasteiger partial charge < -0.3 is 9.47 Å². The second kappa shape index (κ2) is 9.80. The molecule has 6 nitrogen and oxygen atoms in total. The summed E-state index contributed by atoms with van der Waals surface area (Å²) in [5.74, 6) is -1.05. The summed E-state index contributed by atoms with van der Waals surface area (Å²) in [6, 6.07) is 17.6. The zero-order chi connectivity index (χ0) is 21.5. The van der Waals surface area contributed by atoms with Gasteiger partial charge in [0.25, 0.3) is 0 Å². The zero-order valence-corrected chi connectivity index (χ0v) is 17.3. The number of nitrogens with zero attached hydrogens (tertiary/aromatic N) is 2. The fourth-order valence-corrected chi connectivity index (χ4v) is 2.98. The van der Waals surface area contributed by atoms with Crippen LogP contribution in [0.25, 0.3) is 23.0 Å². The second-order valence-electron chi connectivity index (χ2n) is 6.83. The lowest BCUT2D eigenvalue weighted by atomic mass is 10.0. The van der Waals surface area contributed by atoms with Gasteiger partial charge in [0.15, 0.2) is 5.78 Å². The molecule has 3 rings (SSSR count). The van der Waals surface area contributed by atoms with Gasteiger partial charge in [-0.15, -0.1) is 0 Å². The zero-order valence-electron chi connectivity index (χ0n) is 17.3. The van der Waals surface area contributed by atoms with Crippen LogP contribution in [0.4, 0.5) is 0 Å². The van der Waals surface area contributed by atoms with Crippen molar-refractivity contribution in [2.45, 2.75) is 13.8 Å². The Morgan fingerprint density at radius 3 is 2.50 bits per heavy atom.